The Morgan fingerprint density at radius 1 is 0.726 bits per heavy atom. The van der Waals surface area contributed by atoms with Crippen molar-refractivity contribution in [2.75, 3.05) is 19.6 Å². The highest BCUT2D eigenvalue weighted by atomic mass is 32.2. The first-order valence-corrected chi connectivity index (χ1v) is 25.0. The normalized spacial score (nSPS) is 15.8. The first kappa shape index (κ1) is 50.8. The molecule has 62 heavy (non-hydrogen) atoms. The van der Waals surface area contributed by atoms with E-state index in [4.69, 9.17) is 14.2 Å². The lowest BCUT2D eigenvalue weighted by molar-refractivity contribution is -0.147. The van der Waals surface area contributed by atoms with E-state index >= 15 is 0 Å². The van der Waals surface area contributed by atoms with Crippen LogP contribution in [-0.2, 0) is 33.5 Å². The molecule has 0 saturated carbocycles. The fourth-order valence-electron chi connectivity index (χ4n) is 6.69. The molecule has 1 saturated heterocycles. The molecule has 0 aromatic heterocycles. The molecule has 0 spiro atoms. The van der Waals surface area contributed by atoms with Crippen LogP contribution in [0, 0.1) is 23.2 Å². The lowest BCUT2D eigenvalue weighted by Gasteiger charge is -2.27. The third-order valence-corrected chi connectivity index (χ3v) is 15.7. The maximum Gasteiger partial charge on any atom is 0.350 e. The van der Waals surface area contributed by atoms with Crippen LogP contribution < -0.4 is 14.8 Å². The molecule has 1 fully saturated rings. The van der Waals surface area contributed by atoms with Crippen molar-refractivity contribution in [3.05, 3.63) is 31.8 Å². The van der Waals surface area contributed by atoms with Crippen molar-refractivity contribution in [1.29, 1.82) is 5.26 Å². The average molecular weight is 929 g/mol. The van der Waals surface area contributed by atoms with Crippen molar-refractivity contribution >= 4 is 82.7 Å². The van der Waals surface area contributed by atoms with E-state index in [9.17, 15) is 34.0 Å². The van der Waals surface area contributed by atoms with Gasteiger partial charge in [-0.1, -0.05) is 134 Å². The number of nitriles is 1. The highest BCUT2D eigenvalue weighted by molar-refractivity contribution is 8.26. The Hall–Kier alpha value is -3.85. The minimum absolute atomic E-state index is 0.00541. The number of thioether (sulfide) groups is 4. The molecule has 1 aromatic rings. The zero-order chi connectivity index (χ0) is 45.7. The van der Waals surface area contributed by atoms with E-state index in [1.165, 1.54) is 10.0 Å². The third-order valence-electron chi connectivity index (χ3n) is 10.5. The number of amides is 3. The molecule has 17 heteroatoms. The predicted molar refractivity (Wildman–Crippen MR) is 244 cm³/mol. The van der Waals surface area contributed by atoms with E-state index in [0.29, 0.717) is 75.4 Å². The quantitative estimate of drug-likeness (QED) is 0.0361. The van der Waals surface area contributed by atoms with Crippen molar-refractivity contribution in [3.8, 4) is 17.6 Å². The summed E-state index contributed by atoms with van der Waals surface area (Å²) < 4.78 is 18.9. The Labute approximate surface area is 383 Å². The van der Waals surface area contributed by atoms with Gasteiger partial charge in [-0.2, -0.15) is 5.26 Å². The molecule has 1 N–H and O–H groups in total. The molecule has 0 radical (unpaired) electrons. The van der Waals surface area contributed by atoms with Crippen molar-refractivity contribution in [2.24, 2.45) is 11.8 Å². The summed E-state index contributed by atoms with van der Waals surface area (Å²) in [5.74, 6) is -3.68. The molecule has 3 atom stereocenters. The van der Waals surface area contributed by atoms with E-state index in [2.05, 4.69) is 11.9 Å². The fourth-order valence-corrected chi connectivity index (χ4v) is 12.1. The summed E-state index contributed by atoms with van der Waals surface area (Å²) in [6.45, 7) is 19.5. The molecule has 3 aliphatic rings. The van der Waals surface area contributed by atoms with Crippen LogP contribution in [0.3, 0.4) is 0 Å². The topological polar surface area (TPSA) is 172 Å². The van der Waals surface area contributed by atoms with E-state index in [1.807, 2.05) is 47.6 Å². The van der Waals surface area contributed by atoms with Gasteiger partial charge in [-0.15, -0.1) is 0 Å². The van der Waals surface area contributed by atoms with Crippen molar-refractivity contribution in [1.82, 2.24) is 15.3 Å². The molecule has 338 valence electrons. The first-order chi connectivity index (χ1) is 29.7. The lowest BCUT2D eigenvalue weighted by Crippen LogP contribution is -2.42. The van der Waals surface area contributed by atoms with Crippen LogP contribution in [0.2, 0.25) is 0 Å². The number of hydrazine groups is 1. The third kappa shape index (κ3) is 12.0. The molecule has 3 heterocycles. The van der Waals surface area contributed by atoms with Crippen molar-refractivity contribution in [3.63, 3.8) is 0 Å². The molecule has 0 aliphatic carbocycles. The molecule has 3 amide bonds. The fraction of sp³-hybridized carbons (Fsp3) is 0.578. The Kier molecular flexibility index (Phi) is 19.9. The van der Waals surface area contributed by atoms with Gasteiger partial charge in [0.15, 0.2) is 17.1 Å². The molecule has 13 nitrogen and oxygen atoms in total. The number of nitrogens with zero attached hydrogens (tertiary/aromatic N) is 3. The van der Waals surface area contributed by atoms with Gasteiger partial charge in [0, 0.05) is 18.7 Å². The summed E-state index contributed by atoms with van der Waals surface area (Å²) in [7, 11) is 0. The van der Waals surface area contributed by atoms with Gasteiger partial charge in [-0.05, 0) is 52.4 Å². The number of rotatable bonds is 23. The summed E-state index contributed by atoms with van der Waals surface area (Å²) in [6, 6.07) is 1.98. The second-order valence-electron chi connectivity index (χ2n) is 15.4. The lowest BCUT2D eigenvalue weighted by atomic mass is 10.00. The van der Waals surface area contributed by atoms with E-state index < -0.39 is 53.6 Å². The number of nitrogens with one attached hydrogen (secondary N) is 1. The van der Waals surface area contributed by atoms with E-state index in [1.54, 1.807) is 13.8 Å². The van der Waals surface area contributed by atoms with Crippen LogP contribution in [0.5, 0.6) is 11.5 Å². The molecule has 4 rings (SSSR count). The number of fused-ring (bicyclic) bond motifs is 2. The monoisotopic (exact) mass is 928 g/mol. The van der Waals surface area contributed by atoms with Crippen LogP contribution in [0.1, 0.15) is 132 Å². The molecular formula is C45H60N4O9S4. The van der Waals surface area contributed by atoms with Crippen LogP contribution >= 0.6 is 47.0 Å². The number of ether oxygens (including phenoxy) is 3. The highest BCUT2D eigenvalue weighted by Crippen LogP contribution is 2.69. The Balaban J connectivity index is 1.93. The van der Waals surface area contributed by atoms with E-state index in [-0.39, 0.29) is 39.0 Å². The summed E-state index contributed by atoms with van der Waals surface area (Å²) in [4.78, 5) is 83.7. The van der Waals surface area contributed by atoms with Gasteiger partial charge in [-0.3, -0.25) is 24.0 Å². The smallest absolute Gasteiger partial charge is 0.350 e. The summed E-state index contributed by atoms with van der Waals surface area (Å²) in [5, 5.41) is 16.1. The number of carbonyl (C=O) groups excluding carboxylic acids is 6. The Bertz CT molecular complexity index is 1930. The van der Waals surface area contributed by atoms with Gasteiger partial charge in [0.2, 0.25) is 5.91 Å². The number of benzene rings is 1. The summed E-state index contributed by atoms with van der Waals surface area (Å²) in [6.07, 6.45) is 7.91. The molecule has 3 unspecified atom stereocenters. The van der Waals surface area contributed by atoms with Gasteiger partial charge < -0.3 is 19.5 Å². The first-order valence-electron chi connectivity index (χ1n) is 21.8. The van der Waals surface area contributed by atoms with Crippen molar-refractivity contribution in [2.45, 2.75) is 158 Å². The van der Waals surface area contributed by atoms with Gasteiger partial charge >= 0.3 is 17.9 Å². The second kappa shape index (κ2) is 24.3. The average Bonchev–Trinajstić information content (AvgIpc) is 3.94. The number of hydrogen-bond donors (Lipinski definition) is 1. The minimum atomic E-state index is -0.928. The number of unbranched alkanes of at least 4 members (excludes halogenated alkanes) is 4. The van der Waals surface area contributed by atoms with Crippen molar-refractivity contribution < 1.29 is 43.0 Å². The maximum atomic E-state index is 14.2. The van der Waals surface area contributed by atoms with Crippen LogP contribution in [0.25, 0.3) is 0 Å². The predicted octanol–water partition coefficient (Wildman–Crippen LogP) is 10.1. The van der Waals surface area contributed by atoms with Crippen LogP contribution in [0.15, 0.2) is 51.4 Å². The summed E-state index contributed by atoms with van der Waals surface area (Å²) in [5.41, 5.74) is -0.0294. The van der Waals surface area contributed by atoms with E-state index in [0.717, 1.165) is 85.6 Å². The molecule has 3 aliphatic heterocycles. The SMILES string of the molecule is C=C(C)C(=O)NCC(C)OC(=O)C(C#N)=C1Sc2c(OC(=O)C(CC)CCCC)c3c(c(OC(=O)C(CC)CCCC)c2S1)SC(=C1C(=O)N(CCCC)N(CCCC)C1=O)S3. The van der Waals surface area contributed by atoms with Gasteiger partial charge in [0.1, 0.15) is 17.7 Å². The summed E-state index contributed by atoms with van der Waals surface area (Å²) >= 11 is 4.28. The van der Waals surface area contributed by atoms with Gasteiger partial charge in [0.05, 0.1) is 46.4 Å². The van der Waals surface area contributed by atoms with Gasteiger partial charge in [0.25, 0.3) is 11.8 Å². The van der Waals surface area contributed by atoms with Crippen LogP contribution in [-0.4, -0.2) is 71.4 Å². The largest absolute Gasteiger partial charge is 0.457 e. The number of hydrogen-bond acceptors (Lipinski definition) is 14. The highest BCUT2D eigenvalue weighted by Gasteiger charge is 2.47. The standard InChI is InChI=1S/C45H60N4O9S4/c1-10-16-20-28(14-5)41(53)57-32-34-35(60-44(59-34)30(24-46)43(55)56-27(9)25-47-38(50)26(7)8)33(58-42(54)29(15-6)21-17-11-2)37-36(32)61-45(62-37)31-39(51)48(22-18-12-3)49(40(31)52)23-19-13-4/h27-29H,7,10-23,25H2,1-6,8-9H3,(H,47,50). The molecule has 1 aromatic carbocycles. The minimum Gasteiger partial charge on any atom is -0.457 e. The van der Waals surface area contributed by atoms with Gasteiger partial charge in [-0.25, -0.2) is 14.8 Å². The number of esters is 3. The van der Waals surface area contributed by atoms with Crippen LogP contribution in [0.4, 0.5) is 0 Å². The Morgan fingerprint density at radius 2 is 1.16 bits per heavy atom. The maximum absolute atomic E-state index is 14.2. The molecular weight excluding hydrogens is 869 g/mol. The Morgan fingerprint density at radius 3 is 1.55 bits per heavy atom. The molecule has 0 bridgehead atoms. The zero-order valence-corrected chi connectivity index (χ0v) is 40.5. The zero-order valence-electron chi connectivity index (χ0n) is 37.2. The second-order valence-corrected chi connectivity index (χ2v) is 20.0. The number of carbonyl (C=O) groups is 6.